The Bertz CT molecular complexity index is 982. The van der Waals surface area contributed by atoms with Crippen molar-refractivity contribution in [2.45, 2.75) is 5.75 Å². The van der Waals surface area contributed by atoms with Gasteiger partial charge in [-0.1, -0.05) is 30.3 Å². The number of benzene rings is 2. The molecule has 0 spiro atoms. The van der Waals surface area contributed by atoms with Gasteiger partial charge in [0.15, 0.2) is 5.76 Å². The van der Waals surface area contributed by atoms with E-state index in [0.717, 1.165) is 0 Å². The van der Waals surface area contributed by atoms with Gasteiger partial charge in [0.05, 0.1) is 0 Å². The smallest absolute Gasteiger partial charge is 0.313 e. The van der Waals surface area contributed by atoms with Gasteiger partial charge >= 0.3 is 10.1 Å². The minimum atomic E-state index is -4.07. The van der Waals surface area contributed by atoms with Crippen LogP contribution in [0.2, 0.25) is 0 Å². The number of furan rings is 1. The maximum atomic E-state index is 13.0. The number of hydrogen-bond donors (Lipinski definition) is 2. The maximum absolute atomic E-state index is 13.0. The highest BCUT2D eigenvalue weighted by Crippen LogP contribution is 2.45. The van der Waals surface area contributed by atoms with Gasteiger partial charge in [0.25, 0.3) is 0 Å². The van der Waals surface area contributed by atoms with Crippen molar-refractivity contribution in [3.63, 3.8) is 0 Å². The van der Waals surface area contributed by atoms with E-state index in [0.29, 0.717) is 11.1 Å². The third-order valence-corrected chi connectivity index (χ3v) is 4.48. The first-order valence-electron chi connectivity index (χ1n) is 7.19. The summed E-state index contributed by atoms with van der Waals surface area (Å²) in [7, 11) is -4.07. The summed E-state index contributed by atoms with van der Waals surface area (Å²) in [4.78, 5) is 0. The van der Waals surface area contributed by atoms with Gasteiger partial charge in [-0.15, -0.1) is 0 Å². The van der Waals surface area contributed by atoms with Gasteiger partial charge in [-0.2, -0.15) is 8.42 Å². The van der Waals surface area contributed by atoms with E-state index in [-0.39, 0.29) is 5.76 Å². The molecule has 6 nitrogen and oxygen atoms in total. The van der Waals surface area contributed by atoms with Crippen LogP contribution < -0.4 is 9.92 Å². The number of nitrogens with two attached hydrogens (primary N) is 1. The third-order valence-electron chi connectivity index (χ3n) is 3.37. The molecule has 8 heteroatoms. The van der Waals surface area contributed by atoms with Crippen molar-refractivity contribution in [3.05, 3.63) is 66.0 Å². The minimum absolute atomic E-state index is 0.109. The largest absolute Gasteiger partial charge is 0.501 e. The molecular formula is C17H14FNO5S. The van der Waals surface area contributed by atoms with Gasteiger partial charge in [-0.25, -0.2) is 4.39 Å². The van der Waals surface area contributed by atoms with Crippen LogP contribution in [0.25, 0.3) is 11.3 Å². The van der Waals surface area contributed by atoms with E-state index in [2.05, 4.69) is 0 Å². The summed E-state index contributed by atoms with van der Waals surface area (Å²) >= 11 is 0. The molecule has 0 bridgehead atoms. The highest BCUT2D eigenvalue weighted by Gasteiger charge is 2.26. The first-order chi connectivity index (χ1) is 11.9. The Morgan fingerprint density at radius 2 is 1.72 bits per heavy atom. The quantitative estimate of drug-likeness (QED) is 0.675. The molecule has 0 fully saturated rings. The lowest BCUT2D eigenvalue weighted by Crippen LogP contribution is -2.12. The van der Waals surface area contributed by atoms with E-state index in [4.69, 9.17) is 14.3 Å². The van der Waals surface area contributed by atoms with Crippen LogP contribution in [0.15, 0.2) is 59.0 Å². The van der Waals surface area contributed by atoms with E-state index in [9.17, 15) is 17.9 Å². The molecule has 0 aliphatic heterocycles. The van der Waals surface area contributed by atoms with Gasteiger partial charge in [0, 0.05) is 5.56 Å². The summed E-state index contributed by atoms with van der Waals surface area (Å²) in [5, 5.41) is 10.2. The normalized spacial score (nSPS) is 11.4. The fourth-order valence-electron chi connectivity index (χ4n) is 2.24. The second kappa shape index (κ2) is 6.48. The summed E-state index contributed by atoms with van der Waals surface area (Å²) in [6, 6.07) is 13.5. The van der Waals surface area contributed by atoms with Crippen molar-refractivity contribution in [2.75, 3.05) is 5.73 Å². The lowest BCUT2D eigenvalue weighted by atomic mass is 10.1. The van der Waals surface area contributed by atoms with Crippen molar-refractivity contribution in [1.29, 1.82) is 0 Å². The summed E-state index contributed by atoms with van der Waals surface area (Å²) in [5.74, 6) is -2.43. The van der Waals surface area contributed by atoms with Crippen molar-refractivity contribution in [2.24, 2.45) is 0 Å². The lowest BCUT2D eigenvalue weighted by Gasteiger charge is -2.06. The van der Waals surface area contributed by atoms with Crippen molar-refractivity contribution < 1.29 is 26.5 Å². The second-order valence-corrected chi connectivity index (χ2v) is 6.82. The number of halogens is 1. The van der Waals surface area contributed by atoms with Gasteiger partial charge < -0.3 is 19.4 Å². The molecule has 0 amide bonds. The Labute approximate surface area is 143 Å². The Morgan fingerprint density at radius 1 is 1.08 bits per heavy atom. The predicted molar refractivity (Wildman–Crippen MR) is 89.9 cm³/mol. The fraction of sp³-hybridized carbons (Fsp3) is 0.0588. The standard InChI is InChI=1S/C17H14FNO5S/c18-13-8-6-12(7-9-13)15-14(20)16(17(19)23-15)24-25(21,22)10-11-4-2-1-3-5-11/h1-9,20H,10,19H2. The Kier molecular flexibility index (Phi) is 4.37. The summed E-state index contributed by atoms with van der Waals surface area (Å²) in [5.41, 5.74) is 6.46. The van der Waals surface area contributed by atoms with Crippen LogP contribution in [0.3, 0.4) is 0 Å². The number of aromatic hydroxyl groups is 1. The summed E-state index contributed by atoms with van der Waals surface area (Å²) in [6.07, 6.45) is 0. The van der Waals surface area contributed by atoms with Gasteiger partial charge in [-0.05, 0) is 29.8 Å². The lowest BCUT2D eigenvalue weighted by molar-refractivity contribution is 0.432. The molecule has 25 heavy (non-hydrogen) atoms. The Balaban J connectivity index is 1.89. The zero-order chi connectivity index (χ0) is 18.0. The van der Waals surface area contributed by atoms with Crippen molar-refractivity contribution in [3.8, 4) is 22.8 Å². The molecule has 0 atom stereocenters. The first-order valence-corrected chi connectivity index (χ1v) is 8.77. The molecule has 0 saturated heterocycles. The van der Waals surface area contributed by atoms with Crippen LogP contribution in [0.1, 0.15) is 5.56 Å². The second-order valence-electron chi connectivity index (χ2n) is 5.25. The molecule has 0 aliphatic carbocycles. The van der Waals surface area contributed by atoms with Crippen molar-refractivity contribution >= 4 is 16.0 Å². The molecule has 0 saturated carbocycles. The average Bonchev–Trinajstić information content (AvgIpc) is 2.84. The van der Waals surface area contributed by atoms with E-state index < -0.39 is 39.1 Å². The van der Waals surface area contributed by atoms with Crippen LogP contribution in [0, 0.1) is 5.82 Å². The van der Waals surface area contributed by atoms with E-state index in [1.165, 1.54) is 24.3 Å². The Hall–Kier alpha value is -3.00. The number of anilines is 1. The van der Waals surface area contributed by atoms with Crippen LogP contribution >= 0.6 is 0 Å². The summed E-state index contributed by atoms with van der Waals surface area (Å²) < 4.78 is 47.5. The number of hydrogen-bond acceptors (Lipinski definition) is 6. The fourth-order valence-corrected chi connectivity index (χ4v) is 3.31. The molecule has 0 aliphatic rings. The highest BCUT2D eigenvalue weighted by molar-refractivity contribution is 7.86. The molecule has 1 aromatic heterocycles. The van der Waals surface area contributed by atoms with Gasteiger partial charge in [0.1, 0.15) is 11.6 Å². The SMILES string of the molecule is Nc1oc(-c2ccc(F)cc2)c(O)c1OS(=O)(=O)Cc1ccccc1. The van der Waals surface area contributed by atoms with Crippen LogP contribution in [-0.4, -0.2) is 13.5 Å². The summed E-state index contributed by atoms with van der Waals surface area (Å²) in [6.45, 7) is 0. The maximum Gasteiger partial charge on any atom is 0.313 e. The highest BCUT2D eigenvalue weighted by atomic mass is 32.2. The third kappa shape index (κ3) is 3.74. The van der Waals surface area contributed by atoms with Crippen LogP contribution in [0.4, 0.5) is 10.3 Å². The topological polar surface area (TPSA) is 103 Å². The van der Waals surface area contributed by atoms with Crippen LogP contribution in [0.5, 0.6) is 11.5 Å². The zero-order valence-electron chi connectivity index (χ0n) is 12.8. The number of rotatable bonds is 5. The number of nitrogen functional groups attached to an aromatic ring is 1. The molecular weight excluding hydrogens is 349 g/mol. The molecule has 130 valence electrons. The molecule has 0 radical (unpaired) electrons. The molecule has 3 rings (SSSR count). The van der Waals surface area contributed by atoms with Gasteiger partial charge in [0.2, 0.25) is 17.4 Å². The van der Waals surface area contributed by atoms with E-state index in [1.807, 2.05) is 0 Å². The molecule has 1 heterocycles. The first kappa shape index (κ1) is 16.8. The molecule has 3 N–H and O–H groups in total. The Morgan fingerprint density at radius 3 is 2.36 bits per heavy atom. The van der Waals surface area contributed by atoms with E-state index >= 15 is 0 Å². The van der Waals surface area contributed by atoms with Gasteiger partial charge in [-0.3, -0.25) is 0 Å². The predicted octanol–water partition coefficient (Wildman–Crippen LogP) is 3.28. The van der Waals surface area contributed by atoms with E-state index in [1.54, 1.807) is 30.3 Å². The molecule has 3 aromatic rings. The van der Waals surface area contributed by atoms with Crippen molar-refractivity contribution in [1.82, 2.24) is 0 Å². The monoisotopic (exact) mass is 363 g/mol. The average molecular weight is 363 g/mol. The molecule has 2 aromatic carbocycles. The molecule has 0 unspecified atom stereocenters. The zero-order valence-corrected chi connectivity index (χ0v) is 13.7. The van der Waals surface area contributed by atoms with Crippen LogP contribution in [-0.2, 0) is 15.9 Å². The minimum Gasteiger partial charge on any atom is -0.501 e.